The van der Waals surface area contributed by atoms with E-state index in [1.54, 1.807) is 6.07 Å². The first kappa shape index (κ1) is 20.8. The van der Waals surface area contributed by atoms with Gasteiger partial charge in [0.1, 0.15) is 18.5 Å². The molecule has 1 heterocycles. The summed E-state index contributed by atoms with van der Waals surface area (Å²) in [5, 5.41) is 1.26. The van der Waals surface area contributed by atoms with E-state index in [-0.39, 0.29) is 18.4 Å². The number of alkyl halides is 1. The average Bonchev–Trinajstić information content (AvgIpc) is 2.80. The van der Waals surface area contributed by atoms with E-state index >= 15 is 0 Å². The molecule has 2 atom stereocenters. The molecule has 0 amide bonds. The molecule has 148 valence electrons. The fourth-order valence-corrected chi connectivity index (χ4v) is 3.48. The van der Waals surface area contributed by atoms with Crippen molar-refractivity contribution in [2.24, 2.45) is 11.8 Å². The lowest BCUT2D eigenvalue weighted by Crippen LogP contribution is -2.19. The van der Waals surface area contributed by atoms with Crippen LogP contribution in [0, 0.1) is 23.8 Å². The Morgan fingerprint density at radius 3 is 2.82 bits per heavy atom. The third-order valence-corrected chi connectivity index (χ3v) is 5.68. The van der Waals surface area contributed by atoms with Gasteiger partial charge in [-0.25, -0.2) is 4.39 Å². The van der Waals surface area contributed by atoms with Gasteiger partial charge in [-0.2, -0.15) is 0 Å². The van der Waals surface area contributed by atoms with Crippen molar-refractivity contribution >= 4 is 23.2 Å². The molecule has 1 aromatic carbocycles. The molecular formula is C23H24Cl2FNO. The molecule has 1 aliphatic carbocycles. The van der Waals surface area contributed by atoms with E-state index in [2.05, 4.69) is 24.1 Å². The molecule has 0 spiro atoms. The summed E-state index contributed by atoms with van der Waals surface area (Å²) < 4.78 is 19.3. The summed E-state index contributed by atoms with van der Waals surface area (Å²) in [4.78, 5) is 1.92. The molecular weight excluding hydrogens is 396 g/mol. The highest BCUT2D eigenvalue weighted by Gasteiger charge is 2.21. The number of halogens is 3. The van der Waals surface area contributed by atoms with Crippen molar-refractivity contribution in [1.82, 2.24) is 4.90 Å². The molecule has 1 aromatic rings. The summed E-state index contributed by atoms with van der Waals surface area (Å²) in [6, 6.07) is 8.71. The largest absolute Gasteiger partial charge is 0.489 e. The van der Waals surface area contributed by atoms with Gasteiger partial charge in [-0.3, -0.25) is 0 Å². The molecule has 0 radical (unpaired) electrons. The predicted octanol–water partition coefficient (Wildman–Crippen LogP) is 6.46. The average molecular weight is 420 g/mol. The number of hydrogen-bond acceptors (Lipinski definition) is 2. The second-order valence-electron chi connectivity index (χ2n) is 7.51. The van der Waals surface area contributed by atoms with Crippen LogP contribution in [0.4, 0.5) is 4.39 Å². The zero-order chi connectivity index (χ0) is 20.3. The third-order valence-electron chi connectivity index (χ3n) is 4.84. The highest BCUT2D eigenvalue weighted by atomic mass is 35.5. The Kier molecular flexibility index (Phi) is 6.75. The Labute approximate surface area is 176 Å². The lowest BCUT2D eigenvalue weighted by Gasteiger charge is -2.22. The van der Waals surface area contributed by atoms with Gasteiger partial charge in [-0.05, 0) is 37.0 Å². The number of fused-ring (bicyclic) bond motifs is 1. The van der Waals surface area contributed by atoms with Crippen molar-refractivity contribution < 1.29 is 9.13 Å². The van der Waals surface area contributed by atoms with Crippen molar-refractivity contribution in [2.75, 3.05) is 6.61 Å². The van der Waals surface area contributed by atoms with E-state index in [4.69, 9.17) is 27.9 Å². The van der Waals surface area contributed by atoms with Crippen LogP contribution in [0.2, 0.25) is 5.02 Å². The van der Waals surface area contributed by atoms with Crippen LogP contribution in [0.3, 0.4) is 0 Å². The first-order valence-corrected chi connectivity index (χ1v) is 10.2. The molecule has 0 saturated carbocycles. The minimum atomic E-state index is -1.02. The molecule has 0 aromatic heterocycles. The molecule has 0 fully saturated rings. The highest BCUT2D eigenvalue weighted by Crippen LogP contribution is 2.34. The van der Waals surface area contributed by atoms with Crippen LogP contribution in [0.5, 0.6) is 5.75 Å². The smallest absolute Gasteiger partial charge is 0.138 e. The molecule has 0 N–H and O–H groups in total. The summed E-state index contributed by atoms with van der Waals surface area (Å²) in [6.07, 6.45) is 6.06. The van der Waals surface area contributed by atoms with Gasteiger partial charge in [0, 0.05) is 22.8 Å². The van der Waals surface area contributed by atoms with E-state index in [1.165, 1.54) is 0 Å². The van der Waals surface area contributed by atoms with Crippen molar-refractivity contribution in [2.45, 2.75) is 39.9 Å². The molecule has 3 rings (SSSR count). The zero-order valence-electron chi connectivity index (χ0n) is 16.3. The summed E-state index contributed by atoms with van der Waals surface area (Å²) in [6.45, 7) is 6.27. The minimum absolute atomic E-state index is 0.000473. The SMILES string of the molecule is CC1=C(Cl)C2=CN(Cc3ccc(OCC(F)C(C)C)c(Cl)c3)C#CC2C=CC1. The zero-order valence-corrected chi connectivity index (χ0v) is 17.8. The van der Waals surface area contributed by atoms with Gasteiger partial charge in [0.15, 0.2) is 0 Å². The lowest BCUT2D eigenvalue weighted by molar-refractivity contribution is 0.155. The molecule has 5 heteroatoms. The molecule has 0 bridgehead atoms. The Morgan fingerprint density at radius 1 is 1.32 bits per heavy atom. The van der Waals surface area contributed by atoms with Gasteiger partial charge < -0.3 is 9.64 Å². The first-order chi connectivity index (χ1) is 13.3. The first-order valence-electron chi connectivity index (χ1n) is 9.42. The summed E-state index contributed by atoms with van der Waals surface area (Å²) in [5.41, 5.74) is 3.16. The highest BCUT2D eigenvalue weighted by molar-refractivity contribution is 6.32. The summed E-state index contributed by atoms with van der Waals surface area (Å²) in [7, 11) is 0. The van der Waals surface area contributed by atoms with Crippen LogP contribution in [-0.4, -0.2) is 17.7 Å². The summed E-state index contributed by atoms with van der Waals surface area (Å²) >= 11 is 12.9. The lowest BCUT2D eigenvalue weighted by atomic mass is 9.98. The maximum Gasteiger partial charge on any atom is 0.138 e. The maximum absolute atomic E-state index is 13.7. The van der Waals surface area contributed by atoms with Gasteiger partial charge in [0.25, 0.3) is 0 Å². The van der Waals surface area contributed by atoms with Gasteiger partial charge in [0.2, 0.25) is 0 Å². The van der Waals surface area contributed by atoms with Crippen molar-refractivity contribution in [1.29, 1.82) is 0 Å². The molecule has 2 nitrogen and oxygen atoms in total. The van der Waals surface area contributed by atoms with Crippen LogP contribution >= 0.6 is 23.2 Å². The van der Waals surface area contributed by atoms with Gasteiger partial charge in [-0.1, -0.05) is 66.8 Å². The number of nitrogens with zero attached hydrogens (tertiary/aromatic N) is 1. The Morgan fingerprint density at radius 2 is 2.11 bits per heavy atom. The topological polar surface area (TPSA) is 12.5 Å². The van der Waals surface area contributed by atoms with Crippen LogP contribution in [0.15, 0.2) is 52.7 Å². The van der Waals surface area contributed by atoms with E-state index < -0.39 is 6.17 Å². The molecule has 2 unspecified atom stereocenters. The number of hydrogen-bond donors (Lipinski definition) is 0. The van der Waals surface area contributed by atoms with Crippen molar-refractivity contribution in [3.63, 3.8) is 0 Å². The minimum Gasteiger partial charge on any atom is -0.489 e. The Hall–Kier alpha value is -1.89. The van der Waals surface area contributed by atoms with Gasteiger partial charge in [-0.15, -0.1) is 0 Å². The molecule has 2 aliphatic rings. The van der Waals surface area contributed by atoms with Crippen LogP contribution in [0.1, 0.15) is 32.8 Å². The number of benzene rings is 1. The van der Waals surface area contributed by atoms with Gasteiger partial charge in [0.05, 0.1) is 17.5 Å². The van der Waals surface area contributed by atoms with E-state index in [1.807, 2.05) is 44.0 Å². The number of rotatable bonds is 6. The van der Waals surface area contributed by atoms with Crippen molar-refractivity contribution in [3.8, 4) is 17.7 Å². The fraction of sp³-hybridized carbons (Fsp3) is 0.391. The number of ether oxygens (including phenoxy) is 1. The predicted molar refractivity (Wildman–Crippen MR) is 114 cm³/mol. The normalized spacial score (nSPS) is 19.6. The second-order valence-corrected chi connectivity index (χ2v) is 8.29. The van der Waals surface area contributed by atoms with Crippen LogP contribution in [-0.2, 0) is 6.54 Å². The van der Waals surface area contributed by atoms with E-state index in [0.29, 0.717) is 17.3 Å². The standard InChI is InChI=1S/C23H24Cl2FNO/c1-15(2)21(26)14-28-22-8-7-17(11-20(22)24)12-27-10-9-18-6-4-5-16(3)23(25)19(18)13-27/h4,6-8,11,13,15,18,21H,5,12,14H2,1-3H3. The quantitative estimate of drug-likeness (QED) is 0.387. The van der Waals surface area contributed by atoms with E-state index in [0.717, 1.165) is 28.2 Å². The van der Waals surface area contributed by atoms with Crippen LogP contribution < -0.4 is 4.74 Å². The van der Waals surface area contributed by atoms with E-state index in [9.17, 15) is 4.39 Å². The summed E-state index contributed by atoms with van der Waals surface area (Å²) in [5.74, 6) is 3.70. The Balaban J connectivity index is 1.71. The molecule has 28 heavy (non-hydrogen) atoms. The van der Waals surface area contributed by atoms with Crippen LogP contribution in [0.25, 0.3) is 0 Å². The monoisotopic (exact) mass is 419 g/mol. The number of allylic oxidation sites excluding steroid dienone is 5. The maximum atomic E-state index is 13.7. The molecule has 0 saturated heterocycles. The fourth-order valence-electron chi connectivity index (χ4n) is 2.98. The van der Waals surface area contributed by atoms with Crippen molar-refractivity contribution in [3.05, 3.63) is 63.3 Å². The molecule has 1 aliphatic heterocycles. The third kappa shape index (κ3) is 4.93. The second kappa shape index (κ2) is 9.07. The van der Waals surface area contributed by atoms with Gasteiger partial charge >= 0.3 is 0 Å². The Bertz CT molecular complexity index is 892.